The van der Waals surface area contributed by atoms with Gasteiger partial charge in [0.1, 0.15) is 0 Å². The number of piperidine rings is 1. The van der Waals surface area contributed by atoms with Gasteiger partial charge in [-0.2, -0.15) is 0 Å². The second kappa shape index (κ2) is 1.24. The highest BCUT2D eigenvalue weighted by atomic mass is 19.3. The molecule has 1 aliphatic heterocycles. The maximum Gasteiger partial charge on any atom is 0.256 e. The van der Waals surface area contributed by atoms with Crippen LogP contribution < -0.4 is 5.32 Å². The number of nitrogens with one attached hydrogen (secondary N) is 1. The van der Waals surface area contributed by atoms with Crippen molar-refractivity contribution < 1.29 is 8.78 Å². The minimum absolute atomic E-state index is 0.157. The van der Waals surface area contributed by atoms with Crippen LogP contribution in [0.1, 0.15) is 6.42 Å². The van der Waals surface area contributed by atoms with Crippen LogP contribution >= 0.6 is 0 Å². The molecule has 1 N–H and O–H groups in total. The van der Waals surface area contributed by atoms with Gasteiger partial charge < -0.3 is 5.32 Å². The molecular formula is C7H9F2N. The Balaban J connectivity index is 1.97. The predicted octanol–water partition coefficient (Wildman–Crippen LogP) is 0.859. The van der Waals surface area contributed by atoms with Gasteiger partial charge in [-0.05, 0) is 18.9 Å². The van der Waals surface area contributed by atoms with E-state index in [1.54, 1.807) is 0 Å². The summed E-state index contributed by atoms with van der Waals surface area (Å²) in [6, 6.07) is 0.157. The van der Waals surface area contributed by atoms with E-state index in [2.05, 4.69) is 5.32 Å². The first-order valence-electron chi connectivity index (χ1n) is 3.82. The minimum Gasteiger partial charge on any atom is -0.313 e. The van der Waals surface area contributed by atoms with Gasteiger partial charge in [-0.3, -0.25) is 0 Å². The molecule has 2 saturated carbocycles. The van der Waals surface area contributed by atoms with Gasteiger partial charge in [-0.1, -0.05) is 0 Å². The number of hydrogen-bond acceptors (Lipinski definition) is 1. The molecule has 1 nitrogen and oxygen atoms in total. The molecule has 4 atom stereocenters. The molecule has 4 unspecified atom stereocenters. The molecule has 2 bridgehead atoms. The highest BCUT2D eigenvalue weighted by Gasteiger charge is 2.78. The summed E-state index contributed by atoms with van der Waals surface area (Å²) in [6.07, 6.45) is 1.00. The lowest BCUT2D eigenvalue weighted by Crippen LogP contribution is -2.27. The molecule has 3 aliphatic rings. The molecule has 0 spiro atoms. The molecule has 3 heteroatoms. The molecular weight excluding hydrogens is 136 g/mol. The first-order chi connectivity index (χ1) is 4.71. The second-order valence-electron chi connectivity index (χ2n) is 3.74. The standard InChI is InChI=1S/C7H9F2N/c8-7(9)5-3-1-4(6(5)7)10-2-3/h3-6,10H,1-2H2. The van der Waals surface area contributed by atoms with Gasteiger partial charge in [0, 0.05) is 17.9 Å². The summed E-state index contributed by atoms with van der Waals surface area (Å²) in [6.45, 7) is 0.835. The van der Waals surface area contributed by atoms with Crippen molar-refractivity contribution in [3.05, 3.63) is 0 Å². The third-order valence-electron chi connectivity index (χ3n) is 3.31. The summed E-state index contributed by atoms with van der Waals surface area (Å²) in [5.41, 5.74) is 0. The van der Waals surface area contributed by atoms with E-state index in [-0.39, 0.29) is 17.9 Å². The Morgan fingerprint density at radius 2 is 2.10 bits per heavy atom. The predicted molar refractivity (Wildman–Crippen MR) is 31.8 cm³/mol. The third kappa shape index (κ3) is 0.383. The Bertz CT molecular complexity index is 174. The van der Waals surface area contributed by atoms with Gasteiger partial charge in [0.2, 0.25) is 0 Å². The highest BCUT2D eigenvalue weighted by molar-refractivity contribution is 5.21. The van der Waals surface area contributed by atoms with Crippen molar-refractivity contribution in [3.8, 4) is 0 Å². The molecule has 0 aromatic carbocycles. The third-order valence-corrected chi connectivity index (χ3v) is 3.31. The van der Waals surface area contributed by atoms with Crippen molar-refractivity contribution in [1.82, 2.24) is 5.32 Å². The number of hydrogen-bond donors (Lipinski definition) is 1. The molecule has 0 radical (unpaired) electrons. The van der Waals surface area contributed by atoms with Gasteiger partial charge in [0.15, 0.2) is 0 Å². The number of rotatable bonds is 0. The summed E-state index contributed by atoms with van der Waals surface area (Å²) in [4.78, 5) is 0. The maximum absolute atomic E-state index is 12.7. The number of alkyl halides is 2. The summed E-state index contributed by atoms with van der Waals surface area (Å²) >= 11 is 0. The molecule has 3 rings (SSSR count). The van der Waals surface area contributed by atoms with Gasteiger partial charge in [-0.15, -0.1) is 0 Å². The minimum atomic E-state index is -2.29. The van der Waals surface area contributed by atoms with E-state index in [0.29, 0.717) is 5.92 Å². The van der Waals surface area contributed by atoms with Crippen LogP contribution in [0.25, 0.3) is 0 Å². The Morgan fingerprint density at radius 1 is 1.30 bits per heavy atom. The monoisotopic (exact) mass is 145 g/mol. The topological polar surface area (TPSA) is 12.0 Å². The van der Waals surface area contributed by atoms with Gasteiger partial charge >= 0.3 is 0 Å². The molecule has 2 aliphatic carbocycles. The second-order valence-corrected chi connectivity index (χ2v) is 3.74. The van der Waals surface area contributed by atoms with E-state index in [4.69, 9.17) is 0 Å². The van der Waals surface area contributed by atoms with E-state index < -0.39 is 5.92 Å². The van der Waals surface area contributed by atoms with E-state index >= 15 is 0 Å². The van der Waals surface area contributed by atoms with Gasteiger partial charge in [0.25, 0.3) is 5.92 Å². The molecule has 3 fully saturated rings. The van der Waals surface area contributed by atoms with Crippen LogP contribution in [0.3, 0.4) is 0 Å². The first kappa shape index (κ1) is 5.47. The number of halogens is 2. The summed E-state index contributed by atoms with van der Waals surface area (Å²) in [5, 5.41) is 3.12. The van der Waals surface area contributed by atoms with Crippen LogP contribution in [0.15, 0.2) is 0 Å². The van der Waals surface area contributed by atoms with Crippen LogP contribution in [-0.4, -0.2) is 18.5 Å². The van der Waals surface area contributed by atoms with Crippen molar-refractivity contribution in [2.24, 2.45) is 17.8 Å². The highest BCUT2D eigenvalue weighted by Crippen LogP contribution is 2.68. The zero-order chi connectivity index (χ0) is 6.93. The molecule has 0 aromatic rings. The lowest BCUT2D eigenvalue weighted by atomic mass is 10.1. The SMILES string of the molecule is FC1(F)C2C3CNC(C3)C21. The van der Waals surface area contributed by atoms with Crippen LogP contribution in [-0.2, 0) is 0 Å². The average Bonchev–Trinajstić information content (AvgIpc) is 2.37. The molecule has 10 heavy (non-hydrogen) atoms. The molecule has 0 aromatic heterocycles. The Morgan fingerprint density at radius 3 is 2.60 bits per heavy atom. The van der Waals surface area contributed by atoms with E-state index in [0.717, 1.165) is 13.0 Å². The van der Waals surface area contributed by atoms with Crippen molar-refractivity contribution >= 4 is 0 Å². The quantitative estimate of drug-likeness (QED) is 0.533. The zero-order valence-corrected chi connectivity index (χ0v) is 5.48. The maximum atomic E-state index is 12.7. The Labute approximate surface area is 57.8 Å². The van der Waals surface area contributed by atoms with Gasteiger partial charge in [-0.25, -0.2) is 8.78 Å². The fourth-order valence-corrected chi connectivity index (χ4v) is 2.84. The first-order valence-corrected chi connectivity index (χ1v) is 3.82. The van der Waals surface area contributed by atoms with Crippen LogP contribution in [0.2, 0.25) is 0 Å². The van der Waals surface area contributed by atoms with Crippen molar-refractivity contribution in [1.29, 1.82) is 0 Å². The fraction of sp³-hybridized carbons (Fsp3) is 1.00. The summed E-state index contributed by atoms with van der Waals surface area (Å²) in [7, 11) is 0. The molecule has 1 heterocycles. The summed E-state index contributed by atoms with van der Waals surface area (Å²) in [5.74, 6) is -2.52. The van der Waals surface area contributed by atoms with E-state index in [1.807, 2.05) is 0 Å². The molecule has 0 amide bonds. The van der Waals surface area contributed by atoms with Crippen LogP contribution in [0.4, 0.5) is 8.78 Å². The van der Waals surface area contributed by atoms with Crippen molar-refractivity contribution in [3.63, 3.8) is 0 Å². The number of fused-ring (bicyclic) bond motifs is 5. The summed E-state index contributed by atoms with van der Waals surface area (Å²) < 4.78 is 25.5. The normalized spacial score (nSPS) is 60.6. The zero-order valence-electron chi connectivity index (χ0n) is 5.48. The average molecular weight is 145 g/mol. The lowest BCUT2D eigenvalue weighted by Gasteiger charge is -2.06. The van der Waals surface area contributed by atoms with E-state index in [1.165, 1.54) is 0 Å². The van der Waals surface area contributed by atoms with Gasteiger partial charge in [0.05, 0.1) is 0 Å². The fourth-order valence-electron chi connectivity index (χ4n) is 2.84. The van der Waals surface area contributed by atoms with Crippen LogP contribution in [0.5, 0.6) is 0 Å². The van der Waals surface area contributed by atoms with Crippen molar-refractivity contribution in [2.45, 2.75) is 18.4 Å². The van der Waals surface area contributed by atoms with Crippen LogP contribution in [0, 0.1) is 17.8 Å². The Hall–Kier alpha value is -0.180. The smallest absolute Gasteiger partial charge is 0.256 e. The molecule has 1 saturated heterocycles. The molecule has 56 valence electrons. The van der Waals surface area contributed by atoms with Crippen molar-refractivity contribution in [2.75, 3.05) is 6.54 Å². The largest absolute Gasteiger partial charge is 0.313 e. The Kier molecular flexibility index (Phi) is 0.680. The lowest BCUT2D eigenvalue weighted by molar-refractivity contribution is 0.0644. The van der Waals surface area contributed by atoms with E-state index in [9.17, 15) is 8.78 Å².